The highest BCUT2D eigenvalue weighted by molar-refractivity contribution is 7.13. The van der Waals surface area contributed by atoms with Gasteiger partial charge in [0.05, 0.1) is 11.7 Å². The molecule has 1 aliphatic rings. The molecule has 0 spiro atoms. The summed E-state index contributed by atoms with van der Waals surface area (Å²) in [5, 5.41) is 13.2. The van der Waals surface area contributed by atoms with Crippen molar-refractivity contribution in [1.82, 2.24) is 15.2 Å². The lowest BCUT2D eigenvalue weighted by atomic mass is 10.2. The van der Waals surface area contributed by atoms with E-state index >= 15 is 0 Å². The van der Waals surface area contributed by atoms with E-state index < -0.39 is 5.97 Å². The number of carbonyl (C=O) groups is 1. The summed E-state index contributed by atoms with van der Waals surface area (Å²) in [5.74, 6) is -0.876. The van der Waals surface area contributed by atoms with E-state index in [-0.39, 0.29) is 6.04 Å². The molecule has 1 aromatic rings. The largest absolute Gasteiger partial charge is 0.477 e. The van der Waals surface area contributed by atoms with Crippen molar-refractivity contribution in [3.8, 4) is 0 Å². The third kappa shape index (κ3) is 2.65. The summed E-state index contributed by atoms with van der Waals surface area (Å²) >= 11 is 1.30. The van der Waals surface area contributed by atoms with Crippen LogP contribution in [0.4, 0.5) is 0 Å². The molecular weight excluding hydrogens is 238 g/mol. The molecule has 2 rings (SSSR count). The second kappa shape index (κ2) is 5.12. The van der Waals surface area contributed by atoms with Crippen molar-refractivity contribution in [3.63, 3.8) is 0 Å². The van der Waals surface area contributed by atoms with Crippen molar-refractivity contribution in [3.05, 3.63) is 15.6 Å². The van der Waals surface area contributed by atoms with Crippen LogP contribution in [0, 0.1) is 6.92 Å². The fraction of sp³-hybridized carbons (Fsp3) is 0.636. The highest BCUT2D eigenvalue weighted by atomic mass is 32.1. The molecule has 1 atom stereocenters. The molecule has 0 bridgehead atoms. The van der Waals surface area contributed by atoms with Crippen LogP contribution in [0.5, 0.6) is 0 Å². The molecule has 0 aliphatic carbocycles. The fourth-order valence-corrected chi connectivity index (χ4v) is 3.01. The maximum atomic E-state index is 11.0. The maximum Gasteiger partial charge on any atom is 0.347 e. The van der Waals surface area contributed by atoms with Crippen LogP contribution >= 0.6 is 11.3 Å². The summed E-state index contributed by atoms with van der Waals surface area (Å²) in [7, 11) is 0. The number of rotatable bonds is 3. The van der Waals surface area contributed by atoms with E-state index in [1.165, 1.54) is 11.3 Å². The van der Waals surface area contributed by atoms with Crippen molar-refractivity contribution in [1.29, 1.82) is 0 Å². The van der Waals surface area contributed by atoms with Gasteiger partial charge in [0.25, 0.3) is 0 Å². The Morgan fingerprint density at radius 2 is 2.18 bits per heavy atom. The number of aryl methyl sites for hydroxylation is 1. The molecule has 0 amide bonds. The minimum absolute atomic E-state index is 0.203. The van der Waals surface area contributed by atoms with Crippen molar-refractivity contribution in [2.45, 2.75) is 19.9 Å². The summed E-state index contributed by atoms with van der Waals surface area (Å²) in [6.07, 6.45) is 0. The first-order chi connectivity index (χ1) is 8.09. The number of nitrogens with zero attached hydrogens (tertiary/aromatic N) is 2. The minimum Gasteiger partial charge on any atom is -0.477 e. The number of hydrogen-bond donors (Lipinski definition) is 2. The van der Waals surface area contributed by atoms with Crippen LogP contribution in [-0.4, -0.2) is 47.1 Å². The van der Waals surface area contributed by atoms with Crippen LogP contribution in [0.1, 0.15) is 33.3 Å². The molecule has 1 fully saturated rings. The van der Waals surface area contributed by atoms with Crippen LogP contribution in [0.3, 0.4) is 0 Å². The third-order valence-corrected chi connectivity index (χ3v) is 4.38. The average molecular weight is 255 g/mol. The highest BCUT2D eigenvalue weighted by Crippen LogP contribution is 2.27. The predicted molar refractivity (Wildman–Crippen MR) is 66.7 cm³/mol. The van der Waals surface area contributed by atoms with E-state index in [9.17, 15) is 4.79 Å². The summed E-state index contributed by atoms with van der Waals surface area (Å²) in [6.45, 7) is 7.80. The van der Waals surface area contributed by atoms with E-state index in [2.05, 4.69) is 22.1 Å². The number of thiazole rings is 1. The number of carboxylic acid groups (broad SMARTS) is 1. The molecule has 17 heavy (non-hydrogen) atoms. The zero-order valence-electron chi connectivity index (χ0n) is 10.1. The van der Waals surface area contributed by atoms with Crippen LogP contribution in [-0.2, 0) is 0 Å². The molecule has 0 aromatic carbocycles. The van der Waals surface area contributed by atoms with Gasteiger partial charge in [-0.25, -0.2) is 9.78 Å². The van der Waals surface area contributed by atoms with Crippen molar-refractivity contribution in [2.75, 3.05) is 26.2 Å². The van der Waals surface area contributed by atoms with Gasteiger partial charge >= 0.3 is 5.97 Å². The molecule has 6 heteroatoms. The number of carboxylic acids is 1. The smallest absolute Gasteiger partial charge is 0.347 e. The Morgan fingerprint density at radius 1 is 1.53 bits per heavy atom. The van der Waals surface area contributed by atoms with Gasteiger partial charge in [-0.1, -0.05) is 0 Å². The topological polar surface area (TPSA) is 65.5 Å². The third-order valence-electron chi connectivity index (χ3n) is 3.06. The maximum absolute atomic E-state index is 11.0. The molecular formula is C11H17N3O2S. The van der Waals surface area contributed by atoms with Gasteiger partial charge in [0.2, 0.25) is 0 Å². The van der Waals surface area contributed by atoms with Gasteiger partial charge in [-0.3, -0.25) is 4.90 Å². The Hall–Kier alpha value is -0.980. The molecule has 1 unspecified atom stereocenters. The van der Waals surface area contributed by atoms with Crippen LogP contribution < -0.4 is 5.32 Å². The summed E-state index contributed by atoms with van der Waals surface area (Å²) < 4.78 is 0. The van der Waals surface area contributed by atoms with E-state index in [1.807, 2.05) is 0 Å². The van der Waals surface area contributed by atoms with Crippen LogP contribution in [0.2, 0.25) is 0 Å². The Labute approximate surface area is 104 Å². The zero-order chi connectivity index (χ0) is 12.4. The minimum atomic E-state index is -0.876. The first-order valence-corrected chi connectivity index (χ1v) is 6.56. The Bertz CT molecular complexity index is 413. The van der Waals surface area contributed by atoms with Gasteiger partial charge in [-0.15, -0.1) is 11.3 Å². The monoisotopic (exact) mass is 255 g/mol. The molecule has 5 nitrogen and oxygen atoms in total. The number of hydrogen-bond acceptors (Lipinski definition) is 5. The molecule has 2 N–H and O–H groups in total. The summed E-state index contributed by atoms with van der Waals surface area (Å²) in [4.78, 5) is 18.1. The van der Waals surface area contributed by atoms with Crippen molar-refractivity contribution < 1.29 is 9.90 Å². The molecule has 0 saturated carbocycles. The molecule has 94 valence electrons. The number of aromatic carboxylic acids is 1. The Morgan fingerprint density at radius 3 is 2.71 bits per heavy atom. The van der Waals surface area contributed by atoms with Gasteiger partial charge in [0, 0.05) is 26.2 Å². The quantitative estimate of drug-likeness (QED) is 0.847. The number of nitrogens with one attached hydrogen (secondary N) is 1. The van der Waals surface area contributed by atoms with Crippen molar-refractivity contribution in [2.24, 2.45) is 0 Å². The van der Waals surface area contributed by atoms with Crippen LogP contribution in [0.15, 0.2) is 0 Å². The lowest BCUT2D eigenvalue weighted by Crippen LogP contribution is -2.44. The zero-order valence-corrected chi connectivity index (χ0v) is 10.9. The molecule has 1 aliphatic heterocycles. The van der Waals surface area contributed by atoms with Gasteiger partial charge < -0.3 is 10.4 Å². The second-order valence-electron chi connectivity index (χ2n) is 4.23. The molecule has 2 heterocycles. The lowest BCUT2D eigenvalue weighted by molar-refractivity contribution is 0.0701. The van der Waals surface area contributed by atoms with Gasteiger partial charge in [0.1, 0.15) is 9.88 Å². The first kappa shape index (κ1) is 12.5. The van der Waals surface area contributed by atoms with Gasteiger partial charge in [0.15, 0.2) is 0 Å². The van der Waals surface area contributed by atoms with E-state index in [4.69, 9.17) is 5.11 Å². The van der Waals surface area contributed by atoms with Gasteiger partial charge in [-0.05, 0) is 13.8 Å². The fourth-order valence-electron chi connectivity index (χ4n) is 2.02. The summed E-state index contributed by atoms with van der Waals surface area (Å²) in [5.41, 5.74) is 0.625. The van der Waals surface area contributed by atoms with Gasteiger partial charge in [-0.2, -0.15) is 0 Å². The molecule has 1 aromatic heterocycles. The normalized spacial score (nSPS) is 19.2. The van der Waals surface area contributed by atoms with E-state index in [1.54, 1.807) is 6.92 Å². The Balaban J connectivity index is 2.15. The first-order valence-electron chi connectivity index (χ1n) is 5.75. The summed E-state index contributed by atoms with van der Waals surface area (Å²) in [6, 6.07) is 0.203. The molecule has 1 saturated heterocycles. The van der Waals surface area contributed by atoms with Crippen LogP contribution in [0.25, 0.3) is 0 Å². The SMILES string of the molecule is Cc1nc(C(C)N2CCNCC2)sc1C(=O)O. The Kier molecular flexibility index (Phi) is 3.76. The lowest BCUT2D eigenvalue weighted by Gasteiger charge is -2.31. The molecule has 0 radical (unpaired) electrons. The highest BCUT2D eigenvalue weighted by Gasteiger charge is 2.23. The second-order valence-corrected chi connectivity index (χ2v) is 5.26. The van der Waals surface area contributed by atoms with Crippen molar-refractivity contribution >= 4 is 17.3 Å². The number of piperazine rings is 1. The van der Waals surface area contributed by atoms with E-state index in [0.717, 1.165) is 31.2 Å². The van der Waals surface area contributed by atoms with E-state index in [0.29, 0.717) is 10.6 Å². The standard InChI is InChI=1S/C11H17N3O2S/c1-7-9(11(15)16)17-10(13-7)8(2)14-5-3-12-4-6-14/h8,12H,3-6H2,1-2H3,(H,15,16). The number of aromatic nitrogens is 1. The predicted octanol–water partition coefficient (Wildman–Crippen LogP) is 1.12. The average Bonchev–Trinajstić information content (AvgIpc) is 2.71.